The number of nitrogens with two attached hydrogens (primary N) is 1. The van der Waals surface area contributed by atoms with Crippen LogP contribution in [0.1, 0.15) is 61.8 Å². The number of carbonyl (C=O) groups excluding carboxylic acids is 1. The summed E-state index contributed by atoms with van der Waals surface area (Å²) in [6, 6.07) is 30.6. The van der Waals surface area contributed by atoms with Crippen LogP contribution in [0.25, 0.3) is 21.8 Å². The lowest BCUT2D eigenvalue weighted by Gasteiger charge is -2.04. The highest BCUT2D eigenvalue weighted by Gasteiger charge is 2.17. The number of nitrogen functional groups attached to an aromatic ring is 1. The van der Waals surface area contributed by atoms with E-state index in [2.05, 4.69) is 41.1 Å². The molecule has 4 aromatic carbocycles. The van der Waals surface area contributed by atoms with Crippen LogP contribution in [0.3, 0.4) is 0 Å². The number of hydrogen-bond donors (Lipinski definition) is 2. The summed E-state index contributed by atoms with van der Waals surface area (Å²) in [4.78, 5) is 11.1. The number of nitrogens with one attached hydrogen (secondary N) is 1. The van der Waals surface area contributed by atoms with Gasteiger partial charge in [-0.25, -0.2) is 0 Å². The molecule has 0 bridgehead atoms. The molecule has 0 aliphatic carbocycles. The van der Waals surface area contributed by atoms with E-state index in [4.69, 9.17) is 15.2 Å². The van der Waals surface area contributed by atoms with E-state index in [1.165, 1.54) is 6.92 Å². The van der Waals surface area contributed by atoms with Crippen molar-refractivity contribution in [3.8, 4) is 47.3 Å². The molecule has 0 aliphatic heterocycles. The Bertz CT molecular complexity index is 2450. The fourth-order valence-corrected chi connectivity index (χ4v) is 5.72. The monoisotopic (exact) mass is 688 g/mol. The minimum Gasteiger partial charge on any atom is -0.497 e. The Morgan fingerprint density at radius 1 is 0.692 bits per heavy atom. The maximum Gasteiger partial charge on any atom is 0.221 e. The van der Waals surface area contributed by atoms with Gasteiger partial charge in [-0.2, -0.15) is 10.5 Å². The number of fused-ring (bicyclic) bond motifs is 2. The van der Waals surface area contributed by atoms with E-state index >= 15 is 0 Å². The molecule has 0 aliphatic rings. The van der Waals surface area contributed by atoms with E-state index in [1.807, 2.05) is 95.8 Å². The minimum absolute atomic E-state index is 0. The first-order chi connectivity index (χ1) is 24.7. The van der Waals surface area contributed by atoms with Gasteiger partial charge in [0.05, 0.1) is 36.4 Å². The van der Waals surface area contributed by atoms with Crippen molar-refractivity contribution in [3.05, 3.63) is 119 Å². The van der Waals surface area contributed by atoms with Gasteiger partial charge < -0.3 is 29.7 Å². The first kappa shape index (κ1) is 37.7. The van der Waals surface area contributed by atoms with Gasteiger partial charge in [0.2, 0.25) is 5.91 Å². The summed E-state index contributed by atoms with van der Waals surface area (Å²) in [5, 5.41) is 23.8. The molecule has 9 nitrogen and oxygen atoms in total. The number of carbonyl (C=O) groups is 1. The highest BCUT2D eigenvalue weighted by Crippen LogP contribution is 2.30. The average Bonchev–Trinajstić information content (AvgIpc) is 3.63. The summed E-state index contributed by atoms with van der Waals surface area (Å²) < 4.78 is 14.7. The van der Waals surface area contributed by atoms with Crippen LogP contribution in [0.5, 0.6) is 11.5 Å². The van der Waals surface area contributed by atoms with Gasteiger partial charge in [-0.3, -0.25) is 4.79 Å². The Balaban J connectivity index is 0.000000230. The van der Waals surface area contributed by atoms with E-state index in [9.17, 15) is 15.3 Å². The number of amides is 1. The van der Waals surface area contributed by atoms with Crippen molar-refractivity contribution in [1.82, 2.24) is 9.13 Å². The Morgan fingerprint density at radius 3 is 1.48 bits per heavy atom. The van der Waals surface area contributed by atoms with E-state index in [-0.39, 0.29) is 13.3 Å². The second-order valence-corrected chi connectivity index (χ2v) is 11.3. The van der Waals surface area contributed by atoms with Gasteiger partial charge in [0.25, 0.3) is 0 Å². The molecule has 1 amide bonds. The molecule has 3 N–H and O–H groups in total. The molecule has 0 unspecified atom stereocenters. The quantitative estimate of drug-likeness (QED) is 0.139. The third kappa shape index (κ3) is 8.03. The molecule has 0 radical (unpaired) electrons. The molecule has 0 saturated carbocycles. The molecule has 6 rings (SSSR count). The van der Waals surface area contributed by atoms with Crippen molar-refractivity contribution in [1.29, 1.82) is 10.5 Å². The Morgan fingerprint density at radius 2 is 1.12 bits per heavy atom. The Labute approximate surface area is 304 Å². The first-order valence-corrected chi connectivity index (χ1v) is 16.2. The number of aromatic nitrogens is 2. The van der Waals surface area contributed by atoms with Gasteiger partial charge in [-0.15, -0.1) is 0 Å². The molecule has 2 heterocycles. The molecule has 9 heteroatoms. The normalized spacial score (nSPS) is 9.83. The fraction of sp³-hybridized carbons (Fsp3) is 0.186. The largest absolute Gasteiger partial charge is 0.497 e. The molecule has 0 fully saturated rings. The van der Waals surface area contributed by atoms with Crippen LogP contribution in [0.4, 0.5) is 11.4 Å². The Hall–Kier alpha value is -7.07. The van der Waals surface area contributed by atoms with Crippen molar-refractivity contribution in [3.63, 3.8) is 0 Å². The molecule has 6 aromatic rings. The number of methoxy groups -OCH3 is 2. The number of ether oxygens (including phenoxy) is 2. The van der Waals surface area contributed by atoms with Crippen LogP contribution >= 0.6 is 0 Å². The summed E-state index contributed by atoms with van der Waals surface area (Å²) in [6.07, 6.45) is 0. The lowest BCUT2D eigenvalue weighted by atomic mass is 10.1. The van der Waals surface area contributed by atoms with E-state index in [0.29, 0.717) is 29.1 Å². The summed E-state index contributed by atoms with van der Waals surface area (Å²) in [6.45, 7) is 6.94. The summed E-state index contributed by atoms with van der Waals surface area (Å²) in [5.41, 5.74) is 13.2. The third-order valence-corrected chi connectivity index (χ3v) is 8.17. The van der Waals surface area contributed by atoms with Crippen LogP contribution in [-0.4, -0.2) is 29.3 Å². The molecule has 260 valence electrons. The van der Waals surface area contributed by atoms with Crippen LogP contribution in [0.15, 0.2) is 84.9 Å². The number of nitriles is 2. The predicted octanol–water partition coefficient (Wildman–Crippen LogP) is 8.06. The highest BCUT2D eigenvalue weighted by molar-refractivity contribution is 5.92. The van der Waals surface area contributed by atoms with Crippen molar-refractivity contribution in [2.45, 2.75) is 41.3 Å². The van der Waals surface area contributed by atoms with Crippen molar-refractivity contribution < 1.29 is 14.3 Å². The van der Waals surface area contributed by atoms with Gasteiger partial charge in [0.1, 0.15) is 35.0 Å². The lowest BCUT2D eigenvalue weighted by molar-refractivity contribution is -0.114. The van der Waals surface area contributed by atoms with Gasteiger partial charge in [0.15, 0.2) is 0 Å². The number of aryl methyl sites for hydroxylation is 2. The summed E-state index contributed by atoms with van der Waals surface area (Å²) in [7, 11) is 3.25. The topological polar surface area (TPSA) is 131 Å². The summed E-state index contributed by atoms with van der Waals surface area (Å²) in [5.74, 6) is 13.9. The second kappa shape index (κ2) is 17.0. The highest BCUT2D eigenvalue weighted by atomic mass is 16.5. The van der Waals surface area contributed by atoms with Crippen LogP contribution < -0.4 is 20.5 Å². The molecular weight excluding hydrogens is 649 g/mol. The van der Waals surface area contributed by atoms with Gasteiger partial charge in [-0.05, 0) is 98.5 Å². The first-order valence-electron chi connectivity index (χ1n) is 16.2. The van der Waals surface area contributed by atoms with E-state index in [0.717, 1.165) is 62.4 Å². The maximum absolute atomic E-state index is 11.1. The lowest BCUT2D eigenvalue weighted by Crippen LogP contribution is -2.05. The third-order valence-electron chi connectivity index (χ3n) is 8.17. The number of anilines is 2. The molecular formula is C43H40N6O3. The smallest absolute Gasteiger partial charge is 0.221 e. The van der Waals surface area contributed by atoms with Crippen molar-refractivity contribution in [2.24, 2.45) is 0 Å². The zero-order valence-electron chi connectivity index (χ0n) is 29.1. The minimum atomic E-state index is -0.115. The number of hydrogen-bond acceptors (Lipinski definition) is 6. The average molecular weight is 689 g/mol. The second-order valence-electron chi connectivity index (χ2n) is 11.3. The molecule has 2 aromatic heterocycles. The molecule has 0 saturated heterocycles. The molecule has 0 spiro atoms. The summed E-state index contributed by atoms with van der Waals surface area (Å²) >= 11 is 0. The number of rotatable bonds is 5. The van der Waals surface area contributed by atoms with Crippen LogP contribution in [0, 0.1) is 46.3 Å². The zero-order valence-corrected chi connectivity index (χ0v) is 29.1. The number of benzene rings is 4. The van der Waals surface area contributed by atoms with E-state index < -0.39 is 0 Å². The van der Waals surface area contributed by atoms with Crippen LogP contribution in [-0.2, 0) is 17.9 Å². The standard InChI is InChI=1S/C22H19N3O2.C20H17N3O.CH4/c1-4-25-21(12-7-16-5-8-17(9-6-16)24-15(2)26)20(14-23)19-11-10-18(27-3)13-22(19)25;1-3-23-19(11-6-14-4-7-15(22)8-5-14)18(13-21)17-10-9-16(24-2)12-20(17)23;/h5-6,8-11,13H,4H2,1-3H3,(H,24,26);4-5,7-10,12H,3,22H2,1-2H3;1H4. The molecule has 52 heavy (non-hydrogen) atoms. The fourth-order valence-electron chi connectivity index (χ4n) is 5.72. The van der Waals surface area contributed by atoms with Gasteiger partial charge >= 0.3 is 0 Å². The van der Waals surface area contributed by atoms with Crippen molar-refractivity contribution >= 4 is 39.1 Å². The number of nitrogens with zero attached hydrogens (tertiary/aromatic N) is 4. The van der Waals surface area contributed by atoms with Crippen molar-refractivity contribution in [2.75, 3.05) is 25.3 Å². The maximum atomic E-state index is 11.1. The zero-order chi connectivity index (χ0) is 36.5. The van der Waals surface area contributed by atoms with E-state index in [1.54, 1.807) is 26.4 Å². The van der Waals surface area contributed by atoms with Gasteiger partial charge in [-0.1, -0.05) is 19.3 Å². The van der Waals surface area contributed by atoms with Gasteiger partial charge in [0, 0.05) is 65.4 Å². The molecule has 0 atom stereocenters. The Kier molecular flexibility index (Phi) is 12.4. The van der Waals surface area contributed by atoms with Crippen LogP contribution in [0.2, 0.25) is 0 Å². The SMILES string of the molecule is C.CCn1c(C#Cc2ccc(N)cc2)c(C#N)c2ccc(OC)cc21.CCn1c(C#Cc2ccc(NC(C)=O)cc2)c(C#N)c2ccc(OC)cc21. The predicted molar refractivity (Wildman–Crippen MR) is 208 cm³/mol.